The Labute approximate surface area is 190 Å². The van der Waals surface area contributed by atoms with E-state index in [4.69, 9.17) is 9.47 Å². The maximum Gasteiger partial charge on any atom is 0.407 e. The number of carbonyl (C=O) groups is 2. The summed E-state index contributed by atoms with van der Waals surface area (Å²) >= 11 is 0. The Kier molecular flexibility index (Phi) is 7.78. The summed E-state index contributed by atoms with van der Waals surface area (Å²) in [7, 11) is 0. The van der Waals surface area contributed by atoms with E-state index >= 15 is 0 Å². The lowest BCUT2D eigenvalue weighted by molar-refractivity contribution is 0.0610. The van der Waals surface area contributed by atoms with Crippen LogP contribution in [0.25, 0.3) is 0 Å². The summed E-state index contributed by atoms with van der Waals surface area (Å²) in [5, 5.41) is 5.95. The van der Waals surface area contributed by atoms with Gasteiger partial charge in [0, 0.05) is 12.6 Å². The SMILES string of the molecule is CC1(C)C[C@@H](NC(=O)OCc2ccccc2)C[C@@](C)(CNC(=O)OCc2ccccc2)C1. The van der Waals surface area contributed by atoms with E-state index in [0.29, 0.717) is 6.54 Å². The molecule has 6 nitrogen and oxygen atoms in total. The Bertz CT molecular complexity index is 885. The fourth-order valence-corrected chi connectivity index (χ4v) is 4.86. The molecule has 1 saturated carbocycles. The predicted octanol–water partition coefficient (Wildman–Crippen LogP) is 5.42. The molecule has 0 heterocycles. The summed E-state index contributed by atoms with van der Waals surface area (Å²) < 4.78 is 10.7. The average Bonchev–Trinajstić information content (AvgIpc) is 2.75. The van der Waals surface area contributed by atoms with Crippen molar-refractivity contribution in [3.63, 3.8) is 0 Å². The standard InChI is InChI=1S/C26H34N2O4/c1-25(2)14-22(28-24(30)32-17-21-12-8-5-9-13-21)15-26(3,18-25)19-27-23(29)31-16-20-10-6-4-7-11-20/h4-13,22H,14-19H2,1-3H3,(H,27,29)(H,28,30)/t22-,26-/m1/s1. The van der Waals surface area contributed by atoms with Crippen LogP contribution in [-0.2, 0) is 22.7 Å². The Balaban J connectivity index is 1.48. The molecule has 0 unspecified atom stereocenters. The zero-order valence-electron chi connectivity index (χ0n) is 19.2. The van der Waals surface area contributed by atoms with Gasteiger partial charge >= 0.3 is 12.2 Å². The maximum atomic E-state index is 12.4. The normalized spacial score (nSPS) is 21.9. The van der Waals surface area contributed by atoms with E-state index in [1.54, 1.807) is 0 Å². The van der Waals surface area contributed by atoms with Gasteiger partial charge in [-0.3, -0.25) is 0 Å². The third kappa shape index (κ3) is 7.59. The lowest BCUT2D eigenvalue weighted by Gasteiger charge is -2.46. The molecule has 0 bridgehead atoms. The molecule has 1 fully saturated rings. The summed E-state index contributed by atoms with van der Waals surface area (Å²) in [5.41, 5.74) is 1.77. The molecule has 3 rings (SSSR count). The van der Waals surface area contributed by atoms with Gasteiger partial charge in [-0.05, 0) is 41.2 Å². The van der Waals surface area contributed by atoms with Crippen LogP contribution in [-0.4, -0.2) is 24.8 Å². The van der Waals surface area contributed by atoms with E-state index in [1.807, 2.05) is 60.7 Å². The van der Waals surface area contributed by atoms with Gasteiger partial charge in [-0.15, -0.1) is 0 Å². The van der Waals surface area contributed by atoms with Crippen molar-refractivity contribution in [3.05, 3.63) is 71.8 Å². The molecule has 32 heavy (non-hydrogen) atoms. The van der Waals surface area contributed by atoms with Gasteiger partial charge in [-0.25, -0.2) is 9.59 Å². The van der Waals surface area contributed by atoms with Crippen LogP contribution in [0.3, 0.4) is 0 Å². The van der Waals surface area contributed by atoms with Crippen LogP contribution in [0.15, 0.2) is 60.7 Å². The molecule has 2 aromatic carbocycles. The molecule has 0 aliphatic heterocycles. The summed E-state index contributed by atoms with van der Waals surface area (Å²) in [6.07, 6.45) is 1.73. The highest BCUT2D eigenvalue weighted by atomic mass is 16.6. The van der Waals surface area contributed by atoms with Crippen molar-refractivity contribution < 1.29 is 19.1 Å². The average molecular weight is 439 g/mol. The van der Waals surface area contributed by atoms with E-state index in [2.05, 4.69) is 31.4 Å². The summed E-state index contributed by atoms with van der Waals surface area (Å²) in [6.45, 7) is 7.52. The third-order valence-electron chi connectivity index (χ3n) is 5.85. The molecule has 0 saturated heterocycles. The van der Waals surface area contributed by atoms with Crippen molar-refractivity contribution in [1.82, 2.24) is 10.6 Å². The number of rotatable bonds is 7. The third-order valence-corrected chi connectivity index (χ3v) is 5.85. The molecule has 0 aromatic heterocycles. The highest BCUT2D eigenvalue weighted by Gasteiger charge is 2.42. The van der Waals surface area contributed by atoms with Crippen LogP contribution in [0.5, 0.6) is 0 Å². The lowest BCUT2D eigenvalue weighted by atomic mass is 9.62. The monoisotopic (exact) mass is 438 g/mol. The van der Waals surface area contributed by atoms with Crippen LogP contribution in [0.2, 0.25) is 0 Å². The minimum atomic E-state index is -0.426. The van der Waals surface area contributed by atoms with Crippen molar-refractivity contribution in [1.29, 1.82) is 0 Å². The Hall–Kier alpha value is -3.02. The number of hydrogen-bond donors (Lipinski definition) is 2. The molecule has 0 radical (unpaired) electrons. The fraction of sp³-hybridized carbons (Fsp3) is 0.462. The number of alkyl carbamates (subject to hydrolysis) is 2. The molecule has 6 heteroatoms. The van der Waals surface area contributed by atoms with Crippen LogP contribution >= 0.6 is 0 Å². The Morgan fingerprint density at radius 2 is 1.38 bits per heavy atom. The molecule has 2 atom stereocenters. The highest BCUT2D eigenvalue weighted by Crippen LogP contribution is 2.45. The fourth-order valence-electron chi connectivity index (χ4n) is 4.86. The van der Waals surface area contributed by atoms with Crippen molar-refractivity contribution in [2.75, 3.05) is 6.54 Å². The number of carbonyl (C=O) groups excluding carboxylic acids is 2. The number of hydrogen-bond acceptors (Lipinski definition) is 4. The number of nitrogens with one attached hydrogen (secondary N) is 2. The van der Waals surface area contributed by atoms with E-state index in [0.717, 1.165) is 30.4 Å². The van der Waals surface area contributed by atoms with Crippen molar-refractivity contribution in [2.45, 2.75) is 59.3 Å². The topological polar surface area (TPSA) is 76.7 Å². The van der Waals surface area contributed by atoms with E-state index < -0.39 is 12.2 Å². The quantitative estimate of drug-likeness (QED) is 0.605. The molecule has 2 N–H and O–H groups in total. The van der Waals surface area contributed by atoms with Gasteiger partial charge in [0.1, 0.15) is 13.2 Å². The van der Waals surface area contributed by atoms with Gasteiger partial charge < -0.3 is 20.1 Å². The second-order valence-electron chi connectivity index (χ2n) is 9.88. The number of benzene rings is 2. The van der Waals surface area contributed by atoms with Crippen molar-refractivity contribution in [2.24, 2.45) is 10.8 Å². The van der Waals surface area contributed by atoms with E-state index in [9.17, 15) is 9.59 Å². The molecular weight excluding hydrogens is 404 g/mol. The first-order valence-corrected chi connectivity index (χ1v) is 11.1. The van der Waals surface area contributed by atoms with Crippen LogP contribution in [0.4, 0.5) is 9.59 Å². The van der Waals surface area contributed by atoms with Gasteiger partial charge in [0.2, 0.25) is 0 Å². The first-order valence-electron chi connectivity index (χ1n) is 11.1. The van der Waals surface area contributed by atoms with Gasteiger partial charge in [0.15, 0.2) is 0 Å². The summed E-state index contributed by atoms with van der Waals surface area (Å²) in [6, 6.07) is 19.2. The second kappa shape index (κ2) is 10.5. The first kappa shape index (κ1) is 23.6. The van der Waals surface area contributed by atoms with Crippen LogP contribution in [0.1, 0.15) is 51.2 Å². The molecule has 2 aromatic rings. The minimum Gasteiger partial charge on any atom is -0.445 e. The molecule has 0 spiro atoms. The number of amides is 2. The molecule has 2 amide bonds. The predicted molar refractivity (Wildman–Crippen MR) is 124 cm³/mol. The Morgan fingerprint density at radius 3 is 1.94 bits per heavy atom. The zero-order chi connectivity index (χ0) is 23.0. The molecule has 1 aliphatic rings. The second-order valence-corrected chi connectivity index (χ2v) is 9.88. The molecular formula is C26H34N2O4. The van der Waals surface area contributed by atoms with Gasteiger partial charge in [0.25, 0.3) is 0 Å². The Morgan fingerprint density at radius 1 is 0.844 bits per heavy atom. The lowest BCUT2D eigenvalue weighted by Crippen LogP contribution is -2.50. The van der Waals surface area contributed by atoms with Gasteiger partial charge in [0.05, 0.1) is 0 Å². The number of ether oxygens (including phenoxy) is 2. The smallest absolute Gasteiger partial charge is 0.407 e. The van der Waals surface area contributed by atoms with Crippen LogP contribution in [0, 0.1) is 10.8 Å². The van der Waals surface area contributed by atoms with Crippen molar-refractivity contribution in [3.8, 4) is 0 Å². The van der Waals surface area contributed by atoms with Gasteiger partial charge in [-0.2, -0.15) is 0 Å². The summed E-state index contributed by atoms with van der Waals surface area (Å²) in [5.74, 6) is 0. The summed E-state index contributed by atoms with van der Waals surface area (Å²) in [4.78, 5) is 24.6. The first-order chi connectivity index (χ1) is 15.2. The van der Waals surface area contributed by atoms with Crippen LogP contribution < -0.4 is 10.6 Å². The largest absolute Gasteiger partial charge is 0.445 e. The molecule has 172 valence electrons. The minimum absolute atomic E-state index is 0.0193. The van der Waals surface area contributed by atoms with E-state index in [1.165, 1.54) is 0 Å². The zero-order valence-corrected chi connectivity index (χ0v) is 19.2. The highest BCUT2D eigenvalue weighted by molar-refractivity contribution is 5.68. The molecule has 1 aliphatic carbocycles. The maximum absolute atomic E-state index is 12.4. The van der Waals surface area contributed by atoms with Crippen molar-refractivity contribution >= 4 is 12.2 Å². The van der Waals surface area contributed by atoms with Gasteiger partial charge in [-0.1, -0.05) is 81.4 Å². The van der Waals surface area contributed by atoms with E-state index in [-0.39, 0.29) is 30.1 Å².